The highest BCUT2D eigenvalue weighted by molar-refractivity contribution is 8.04. The lowest BCUT2D eigenvalue weighted by Gasteiger charge is -2.15. The Labute approximate surface area is 196 Å². The highest BCUT2D eigenvalue weighted by Crippen LogP contribution is 2.38. The van der Waals surface area contributed by atoms with Gasteiger partial charge in [0.15, 0.2) is 0 Å². The van der Waals surface area contributed by atoms with Gasteiger partial charge in [0.25, 0.3) is 11.8 Å². The monoisotopic (exact) mass is 464 g/mol. The summed E-state index contributed by atoms with van der Waals surface area (Å²) in [6, 6.07) is 21.7. The number of amides is 2. The predicted molar refractivity (Wildman–Crippen MR) is 129 cm³/mol. The van der Waals surface area contributed by atoms with E-state index in [1.54, 1.807) is 24.3 Å². The maximum atomic E-state index is 13.4. The number of hydrogen-bond acceptors (Lipinski definition) is 5. The Morgan fingerprint density at radius 2 is 1.56 bits per heavy atom. The first kappa shape index (κ1) is 22.0. The Bertz CT molecular complexity index is 1170. The van der Waals surface area contributed by atoms with E-state index < -0.39 is 5.91 Å². The molecule has 0 saturated carbocycles. The van der Waals surface area contributed by atoms with Crippen molar-refractivity contribution in [3.8, 4) is 5.75 Å². The van der Waals surface area contributed by atoms with Crippen LogP contribution in [-0.2, 0) is 9.59 Å². The van der Waals surface area contributed by atoms with Crippen LogP contribution in [0.3, 0.4) is 0 Å². The Morgan fingerprint density at radius 3 is 2.19 bits per heavy atom. The van der Waals surface area contributed by atoms with E-state index in [0.29, 0.717) is 27.9 Å². The number of thioether (sulfide) groups is 1. The van der Waals surface area contributed by atoms with Crippen LogP contribution < -0.4 is 15.0 Å². The summed E-state index contributed by atoms with van der Waals surface area (Å²) < 4.78 is 5.48. The molecule has 4 rings (SSSR count). The molecule has 32 heavy (non-hydrogen) atoms. The van der Waals surface area contributed by atoms with Gasteiger partial charge >= 0.3 is 0 Å². The van der Waals surface area contributed by atoms with Gasteiger partial charge in [-0.1, -0.05) is 41.1 Å². The van der Waals surface area contributed by atoms with Gasteiger partial charge in [-0.2, -0.15) is 0 Å². The van der Waals surface area contributed by atoms with Crippen LogP contribution in [0.4, 0.5) is 11.4 Å². The number of nitrogens with one attached hydrogen (secondary N) is 1. The number of benzene rings is 3. The Morgan fingerprint density at radius 1 is 0.906 bits per heavy atom. The van der Waals surface area contributed by atoms with Crippen LogP contribution in [-0.4, -0.2) is 18.4 Å². The molecule has 0 atom stereocenters. The summed E-state index contributed by atoms with van der Waals surface area (Å²) in [5, 5.41) is 3.75. The maximum Gasteiger partial charge on any atom is 0.283 e. The predicted octanol–water partition coefficient (Wildman–Crippen LogP) is 6.04. The molecule has 0 radical (unpaired) electrons. The first-order valence-corrected chi connectivity index (χ1v) is 11.3. The lowest BCUT2D eigenvalue weighted by Crippen LogP contribution is -2.32. The number of nitrogens with zero attached hydrogens (tertiary/aromatic N) is 1. The van der Waals surface area contributed by atoms with E-state index in [-0.39, 0.29) is 11.6 Å². The lowest BCUT2D eigenvalue weighted by molar-refractivity contribution is -0.120. The first-order chi connectivity index (χ1) is 15.5. The standard InChI is InChI=1S/C25H21ClN2O3S/c1-3-31-20-12-8-18(9-13-20)27-22-23(32-21-14-6-17(26)7-15-21)25(30)28(24(22)29)19-10-4-16(2)5-11-19/h4-15,27H,3H2,1-2H3. The van der Waals surface area contributed by atoms with Crippen LogP contribution in [0.15, 0.2) is 88.3 Å². The molecular weight excluding hydrogens is 444 g/mol. The van der Waals surface area contributed by atoms with Crippen molar-refractivity contribution < 1.29 is 14.3 Å². The van der Waals surface area contributed by atoms with Crippen molar-refractivity contribution in [3.63, 3.8) is 0 Å². The second kappa shape index (κ2) is 9.51. The summed E-state index contributed by atoms with van der Waals surface area (Å²) in [4.78, 5) is 29.0. The topological polar surface area (TPSA) is 58.6 Å². The molecule has 0 unspecified atom stereocenters. The van der Waals surface area contributed by atoms with Gasteiger partial charge in [-0.15, -0.1) is 0 Å². The largest absolute Gasteiger partial charge is 0.494 e. The number of anilines is 2. The van der Waals surface area contributed by atoms with E-state index in [4.69, 9.17) is 16.3 Å². The Balaban J connectivity index is 1.69. The molecule has 162 valence electrons. The summed E-state index contributed by atoms with van der Waals surface area (Å²) >= 11 is 7.23. The van der Waals surface area contributed by atoms with Crippen molar-refractivity contribution in [1.29, 1.82) is 0 Å². The maximum absolute atomic E-state index is 13.4. The van der Waals surface area contributed by atoms with Gasteiger partial charge in [0.05, 0.1) is 12.3 Å². The molecule has 1 aliphatic heterocycles. The number of hydrogen-bond donors (Lipinski definition) is 1. The van der Waals surface area contributed by atoms with Crippen LogP contribution in [0.25, 0.3) is 0 Å². The third-order valence-electron chi connectivity index (χ3n) is 4.80. The fraction of sp³-hybridized carbons (Fsp3) is 0.120. The minimum Gasteiger partial charge on any atom is -0.494 e. The number of rotatable bonds is 7. The second-order valence-corrected chi connectivity index (χ2v) is 8.64. The molecule has 3 aromatic rings. The summed E-state index contributed by atoms with van der Waals surface area (Å²) in [5.74, 6) is -0.0330. The zero-order valence-electron chi connectivity index (χ0n) is 17.6. The van der Waals surface area contributed by atoms with Crippen LogP contribution in [0.5, 0.6) is 5.75 Å². The van der Waals surface area contributed by atoms with Crippen molar-refractivity contribution in [2.75, 3.05) is 16.8 Å². The van der Waals surface area contributed by atoms with Crippen molar-refractivity contribution >= 4 is 46.6 Å². The van der Waals surface area contributed by atoms with E-state index >= 15 is 0 Å². The van der Waals surface area contributed by atoms with Gasteiger partial charge in [-0.3, -0.25) is 9.59 Å². The van der Waals surface area contributed by atoms with Gasteiger partial charge in [-0.05, 0) is 74.5 Å². The fourth-order valence-electron chi connectivity index (χ4n) is 3.21. The Hall–Kier alpha value is -3.22. The number of halogens is 1. The van der Waals surface area contributed by atoms with Crippen LogP contribution in [0.2, 0.25) is 5.02 Å². The fourth-order valence-corrected chi connectivity index (χ4v) is 4.26. The van der Waals surface area contributed by atoms with Crippen molar-refractivity contribution in [2.24, 2.45) is 0 Å². The molecule has 0 saturated heterocycles. The first-order valence-electron chi connectivity index (χ1n) is 10.1. The summed E-state index contributed by atoms with van der Waals surface area (Å²) in [7, 11) is 0. The number of aryl methyl sites for hydroxylation is 1. The molecule has 0 aromatic heterocycles. The quantitative estimate of drug-likeness (QED) is 0.432. The number of carbonyl (C=O) groups excluding carboxylic acids is 2. The lowest BCUT2D eigenvalue weighted by atomic mass is 10.2. The van der Waals surface area contributed by atoms with Gasteiger partial charge in [0.1, 0.15) is 16.4 Å². The minimum atomic E-state index is -0.399. The third kappa shape index (κ3) is 4.66. The normalized spacial score (nSPS) is 13.7. The number of ether oxygens (including phenoxy) is 1. The van der Waals surface area contributed by atoms with Gasteiger partial charge in [0, 0.05) is 15.6 Å². The average Bonchev–Trinajstić information content (AvgIpc) is 3.01. The highest BCUT2D eigenvalue weighted by Gasteiger charge is 2.40. The minimum absolute atomic E-state index is 0.236. The molecule has 1 aliphatic rings. The molecule has 0 fully saturated rings. The smallest absolute Gasteiger partial charge is 0.283 e. The molecule has 7 heteroatoms. The SMILES string of the molecule is CCOc1ccc(NC2=C(Sc3ccc(Cl)cc3)C(=O)N(c3ccc(C)cc3)C2=O)cc1. The zero-order valence-corrected chi connectivity index (χ0v) is 19.2. The summed E-state index contributed by atoms with van der Waals surface area (Å²) in [6.45, 7) is 4.44. The van der Waals surface area contributed by atoms with Gasteiger partial charge in [-0.25, -0.2) is 4.90 Å². The van der Waals surface area contributed by atoms with Crippen molar-refractivity contribution in [2.45, 2.75) is 18.7 Å². The van der Waals surface area contributed by atoms with E-state index in [1.807, 2.05) is 62.4 Å². The molecule has 2 amide bonds. The molecule has 3 aromatic carbocycles. The second-order valence-electron chi connectivity index (χ2n) is 7.12. The number of carbonyl (C=O) groups is 2. The number of imide groups is 1. The molecule has 0 spiro atoms. The van der Waals surface area contributed by atoms with Crippen molar-refractivity contribution in [3.05, 3.63) is 94.0 Å². The van der Waals surface area contributed by atoms with Crippen LogP contribution >= 0.6 is 23.4 Å². The van der Waals surface area contributed by atoms with Gasteiger partial charge < -0.3 is 10.1 Å². The molecule has 0 bridgehead atoms. The summed E-state index contributed by atoms with van der Waals surface area (Å²) in [5.41, 5.74) is 2.50. The van der Waals surface area contributed by atoms with E-state index in [1.165, 1.54) is 16.7 Å². The zero-order chi connectivity index (χ0) is 22.7. The van der Waals surface area contributed by atoms with Crippen LogP contribution in [0.1, 0.15) is 12.5 Å². The van der Waals surface area contributed by atoms with E-state index in [9.17, 15) is 9.59 Å². The molecular formula is C25H21ClN2O3S. The third-order valence-corrected chi connectivity index (χ3v) is 6.14. The summed E-state index contributed by atoms with van der Waals surface area (Å²) in [6.07, 6.45) is 0. The van der Waals surface area contributed by atoms with Crippen molar-refractivity contribution in [1.82, 2.24) is 0 Å². The highest BCUT2D eigenvalue weighted by atomic mass is 35.5. The van der Waals surface area contributed by atoms with Crippen LogP contribution in [0, 0.1) is 6.92 Å². The molecule has 0 aliphatic carbocycles. The average molecular weight is 465 g/mol. The van der Waals surface area contributed by atoms with Gasteiger partial charge in [0.2, 0.25) is 0 Å². The van der Waals surface area contributed by atoms with E-state index in [0.717, 1.165) is 16.2 Å². The Kier molecular flexibility index (Phi) is 6.53. The molecule has 5 nitrogen and oxygen atoms in total. The van der Waals surface area contributed by atoms with E-state index in [2.05, 4.69) is 5.32 Å². The molecule has 1 N–H and O–H groups in total. The molecule has 1 heterocycles.